The molecular weight excluding hydrogens is 410 g/mol. The Morgan fingerprint density at radius 1 is 1.20 bits per heavy atom. The van der Waals surface area contributed by atoms with E-state index in [2.05, 4.69) is 28.9 Å². The van der Waals surface area contributed by atoms with Crippen LogP contribution in [0.1, 0.15) is 23.1 Å². The van der Waals surface area contributed by atoms with Crippen LogP contribution in [-0.4, -0.2) is 19.6 Å². The maximum Gasteiger partial charge on any atom is 0.217 e. The van der Waals surface area contributed by atoms with E-state index in [0.29, 0.717) is 17.3 Å². The molecule has 1 aromatic carbocycles. The predicted octanol–water partition coefficient (Wildman–Crippen LogP) is 5.33. The monoisotopic (exact) mass is 426 g/mol. The van der Waals surface area contributed by atoms with Crippen molar-refractivity contribution in [3.05, 3.63) is 64.5 Å². The fraction of sp³-hybridized carbons (Fsp3) is 0.190. The van der Waals surface area contributed by atoms with Crippen LogP contribution in [0.15, 0.2) is 41.1 Å². The number of hydrogen-bond donors (Lipinski definition) is 0. The molecule has 4 aromatic heterocycles. The molecule has 6 nitrogen and oxygen atoms in total. The quantitative estimate of drug-likeness (QED) is 0.380. The molecule has 152 valence electrons. The molecule has 0 fully saturated rings. The fourth-order valence-electron chi connectivity index (χ4n) is 3.41. The normalized spacial score (nSPS) is 11.6. The van der Waals surface area contributed by atoms with E-state index in [1.165, 1.54) is 16.5 Å². The number of nitrogens with zero attached hydrogens (tertiary/aromatic N) is 4. The number of ether oxygens (including phenoxy) is 1. The molecule has 0 unspecified atom stereocenters. The van der Waals surface area contributed by atoms with Crippen LogP contribution in [0.3, 0.4) is 0 Å². The van der Waals surface area contributed by atoms with Crippen LogP contribution < -0.4 is 4.74 Å². The summed E-state index contributed by atoms with van der Waals surface area (Å²) in [4.78, 5) is 11.3. The summed E-state index contributed by atoms with van der Waals surface area (Å²) >= 11 is 1.65. The topological polar surface area (TPSA) is 65.5 Å². The number of aryl methyl sites for hydroxylation is 2. The van der Waals surface area contributed by atoms with Gasteiger partial charge in [0.05, 0.1) is 5.39 Å². The van der Waals surface area contributed by atoms with Gasteiger partial charge >= 0.3 is 0 Å². The summed E-state index contributed by atoms with van der Waals surface area (Å²) in [7, 11) is 0. The second-order valence-corrected chi connectivity index (χ2v) is 7.95. The molecule has 4 heterocycles. The molecule has 5 aromatic rings. The van der Waals surface area contributed by atoms with Crippen molar-refractivity contribution < 1.29 is 17.9 Å². The Bertz CT molecular complexity index is 1390. The van der Waals surface area contributed by atoms with Gasteiger partial charge in [0.2, 0.25) is 5.82 Å². The lowest BCUT2D eigenvalue weighted by Crippen LogP contribution is -1.96. The van der Waals surface area contributed by atoms with Crippen LogP contribution in [0.2, 0.25) is 0 Å². The lowest BCUT2D eigenvalue weighted by atomic mass is 10.1. The number of benzene rings is 1. The van der Waals surface area contributed by atoms with Gasteiger partial charge in [-0.1, -0.05) is 6.92 Å². The molecule has 0 saturated heterocycles. The van der Waals surface area contributed by atoms with Gasteiger partial charge in [-0.15, -0.1) is 16.4 Å². The average molecular weight is 426 g/mol. The Morgan fingerprint density at radius 2 is 2.07 bits per heavy atom. The molecule has 0 spiro atoms. The first-order valence-electron chi connectivity index (χ1n) is 9.33. The molecule has 0 amide bonds. The Labute approximate surface area is 173 Å². The highest BCUT2D eigenvalue weighted by Crippen LogP contribution is 2.33. The molecule has 0 aliphatic carbocycles. The molecule has 9 heteroatoms. The first kappa shape index (κ1) is 18.7. The van der Waals surface area contributed by atoms with Crippen molar-refractivity contribution in [3.8, 4) is 17.3 Å². The van der Waals surface area contributed by atoms with Crippen LogP contribution in [0.5, 0.6) is 5.75 Å². The highest BCUT2D eigenvalue weighted by Gasteiger charge is 2.18. The summed E-state index contributed by atoms with van der Waals surface area (Å²) in [6, 6.07) is 6.60. The zero-order valence-corrected chi connectivity index (χ0v) is 17.0. The second kappa shape index (κ2) is 7.17. The first-order valence-corrected chi connectivity index (χ1v) is 10.2. The van der Waals surface area contributed by atoms with Gasteiger partial charge in [-0.3, -0.25) is 0 Å². The van der Waals surface area contributed by atoms with E-state index < -0.39 is 11.6 Å². The SMILES string of the molecule is CCc1c(C)sc2ncn3nc(-c4ccc(COc5ccc(F)cc5F)o4)nc3c12. The maximum atomic E-state index is 13.7. The number of thiophene rings is 1. The summed E-state index contributed by atoms with van der Waals surface area (Å²) < 4.78 is 39.5. The van der Waals surface area contributed by atoms with Crippen LogP contribution in [-0.2, 0) is 13.0 Å². The van der Waals surface area contributed by atoms with E-state index in [1.54, 1.807) is 34.3 Å². The summed E-state index contributed by atoms with van der Waals surface area (Å²) in [6.07, 6.45) is 2.53. The van der Waals surface area contributed by atoms with Gasteiger partial charge in [0.25, 0.3) is 0 Å². The maximum absolute atomic E-state index is 13.7. The van der Waals surface area contributed by atoms with E-state index in [1.807, 2.05) is 0 Å². The van der Waals surface area contributed by atoms with Crippen molar-refractivity contribution in [2.45, 2.75) is 26.9 Å². The Balaban J connectivity index is 1.45. The number of furan rings is 1. The summed E-state index contributed by atoms with van der Waals surface area (Å²) in [5.41, 5.74) is 1.96. The van der Waals surface area contributed by atoms with Crippen molar-refractivity contribution in [2.75, 3.05) is 0 Å². The third-order valence-electron chi connectivity index (χ3n) is 4.83. The first-order chi connectivity index (χ1) is 14.5. The van der Waals surface area contributed by atoms with E-state index in [9.17, 15) is 8.78 Å². The van der Waals surface area contributed by atoms with E-state index in [4.69, 9.17) is 9.15 Å². The lowest BCUT2D eigenvalue weighted by molar-refractivity contribution is 0.259. The Kier molecular flexibility index (Phi) is 4.47. The molecular formula is C21H16F2N4O2S. The van der Waals surface area contributed by atoms with Crippen LogP contribution in [0, 0.1) is 18.6 Å². The summed E-state index contributed by atoms with van der Waals surface area (Å²) in [6.45, 7) is 4.19. The van der Waals surface area contributed by atoms with Gasteiger partial charge in [-0.05, 0) is 43.2 Å². The third-order valence-corrected chi connectivity index (χ3v) is 5.88. The highest BCUT2D eigenvalue weighted by atomic mass is 32.1. The van der Waals surface area contributed by atoms with Crippen LogP contribution in [0.25, 0.3) is 27.4 Å². The van der Waals surface area contributed by atoms with Crippen molar-refractivity contribution in [2.24, 2.45) is 0 Å². The van der Waals surface area contributed by atoms with Gasteiger partial charge in [-0.2, -0.15) is 0 Å². The van der Waals surface area contributed by atoms with Crippen molar-refractivity contribution in [1.82, 2.24) is 19.6 Å². The van der Waals surface area contributed by atoms with E-state index >= 15 is 0 Å². The molecule has 0 bridgehead atoms. The average Bonchev–Trinajstić information content (AvgIpc) is 3.42. The van der Waals surface area contributed by atoms with Gasteiger partial charge < -0.3 is 9.15 Å². The van der Waals surface area contributed by atoms with Gasteiger partial charge in [-0.25, -0.2) is 23.3 Å². The minimum absolute atomic E-state index is 0.00850. The van der Waals surface area contributed by atoms with Gasteiger partial charge in [0.1, 0.15) is 29.3 Å². The minimum Gasteiger partial charge on any atom is -0.483 e. The van der Waals surface area contributed by atoms with Crippen LogP contribution in [0.4, 0.5) is 8.78 Å². The number of rotatable bonds is 5. The van der Waals surface area contributed by atoms with E-state index in [-0.39, 0.29) is 12.4 Å². The summed E-state index contributed by atoms with van der Waals surface area (Å²) in [5.74, 6) is -0.110. The van der Waals surface area contributed by atoms with Crippen molar-refractivity contribution >= 4 is 27.2 Å². The number of hydrogen-bond acceptors (Lipinski definition) is 6. The Hall–Kier alpha value is -3.33. The molecule has 0 aliphatic rings. The highest BCUT2D eigenvalue weighted by molar-refractivity contribution is 7.18. The lowest BCUT2D eigenvalue weighted by Gasteiger charge is -2.05. The van der Waals surface area contributed by atoms with Crippen molar-refractivity contribution in [3.63, 3.8) is 0 Å². The predicted molar refractivity (Wildman–Crippen MR) is 109 cm³/mol. The molecule has 0 atom stereocenters. The van der Waals surface area contributed by atoms with Crippen LogP contribution >= 0.6 is 11.3 Å². The Morgan fingerprint density at radius 3 is 2.87 bits per heavy atom. The zero-order valence-electron chi connectivity index (χ0n) is 16.1. The second-order valence-electron chi connectivity index (χ2n) is 6.75. The molecule has 0 radical (unpaired) electrons. The summed E-state index contributed by atoms with van der Waals surface area (Å²) in [5, 5.41) is 5.50. The zero-order chi connectivity index (χ0) is 20.8. The minimum atomic E-state index is -0.766. The fourth-order valence-corrected chi connectivity index (χ4v) is 4.49. The molecule has 0 aliphatic heterocycles. The largest absolute Gasteiger partial charge is 0.483 e. The van der Waals surface area contributed by atoms with E-state index in [0.717, 1.165) is 34.4 Å². The molecule has 0 saturated carbocycles. The number of halogens is 2. The number of fused-ring (bicyclic) bond motifs is 3. The van der Waals surface area contributed by atoms with Crippen molar-refractivity contribution in [1.29, 1.82) is 0 Å². The van der Waals surface area contributed by atoms with Gasteiger partial charge in [0, 0.05) is 10.9 Å². The number of aromatic nitrogens is 4. The smallest absolute Gasteiger partial charge is 0.217 e. The third kappa shape index (κ3) is 3.11. The molecule has 5 rings (SSSR count). The standard InChI is InChI=1S/C21H16F2N4O2S/c1-3-14-11(2)30-21-18(14)20-25-19(26-27(20)10-24-21)17-7-5-13(29-17)9-28-16-6-4-12(22)8-15(16)23/h4-8,10H,3,9H2,1-2H3. The molecule has 30 heavy (non-hydrogen) atoms. The molecule has 0 N–H and O–H groups in total. The van der Waals surface area contributed by atoms with Gasteiger partial charge in [0.15, 0.2) is 23.0 Å².